The maximum absolute atomic E-state index is 11.3. The Kier molecular flexibility index (Phi) is 1.79. The summed E-state index contributed by atoms with van der Waals surface area (Å²) in [6.07, 6.45) is 3.83. The first-order valence-electron chi connectivity index (χ1n) is 5.47. The van der Waals surface area contributed by atoms with Crippen LogP contribution < -0.4 is 21.9 Å². The van der Waals surface area contributed by atoms with Crippen LogP contribution >= 0.6 is 0 Å². The zero-order valence-electron chi connectivity index (χ0n) is 8.94. The van der Waals surface area contributed by atoms with Crippen LogP contribution in [0.4, 0.5) is 11.5 Å². The molecule has 0 amide bonds. The monoisotopic (exact) mass is 221 g/mol. The Hall–Kier alpha value is -1.56. The molecule has 1 aliphatic heterocycles. The highest BCUT2D eigenvalue weighted by Crippen LogP contribution is 2.44. The fourth-order valence-electron chi connectivity index (χ4n) is 2.38. The molecule has 6 heteroatoms. The molecule has 0 atom stereocenters. The first-order chi connectivity index (χ1) is 7.60. The number of aromatic nitrogens is 2. The molecule has 0 unspecified atom stereocenters. The molecule has 1 aromatic rings. The maximum atomic E-state index is 11.3. The fraction of sp³-hybridized carbons (Fsp3) is 0.600. The van der Waals surface area contributed by atoms with Gasteiger partial charge in [0.1, 0.15) is 5.69 Å². The van der Waals surface area contributed by atoms with E-state index in [9.17, 15) is 4.79 Å². The molecule has 0 bridgehead atoms. The molecule has 2 aliphatic rings. The van der Waals surface area contributed by atoms with Gasteiger partial charge in [0.05, 0.1) is 11.9 Å². The first-order valence-corrected chi connectivity index (χ1v) is 5.47. The summed E-state index contributed by atoms with van der Waals surface area (Å²) >= 11 is 0. The van der Waals surface area contributed by atoms with E-state index in [4.69, 9.17) is 11.5 Å². The number of aromatic amines is 1. The lowest BCUT2D eigenvalue weighted by Crippen LogP contribution is -2.69. The SMILES string of the molecule is Nc1c(N2CC(N)(C3CC3)C2)nc[nH]c1=O. The molecule has 0 radical (unpaired) electrons. The smallest absolute Gasteiger partial charge is 0.276 e. The molecule has 2 fully saturated rings. The van der Waals surface area contributed by atoms with Crippen molar-refractivity contribution in [3.63, 3.8) is 0 Å². The summed E-state index contributed by atoms with van der Waals surface area (Å²) in [4.78, 5) is 19.8. The summed E-state index contributed by atoms with van der Waals surface area (Å²) in [6.45, 7) is 1.50. The summed E-state index contributed by atoms with van der Waals surface area (Å²) in [5, 5.41) is 0. The van der Waals surface area contributed by atoms with Gasteiger partial charge in [-0.1, -0.05) is 0 Å². The lowest BCUT2D eigenvalue weighted by molar-refractivity contribution is 0.289. The molecule has 2 heterocycles. The quantitative estimate of drug-likeness (QED) is 0.611. The molecule has 1 aromatic heterocycles. The van der Waals surface area contributed by atoms with Crippen LogP contribution in [-0.4, -0.2) is 28.6 Å². The second-order valence-corrected chi connectivity index (χ2v) is 4.83. The van der Waals surface area contributed by atoms with Gasteiger partial charge in [-0.15, -0.1) is 0 Å². The molecule has 3 rings (SSSR count). The van der Waals surface area contributed by atoms with Gasteiger partial charge in [0.2, 0.25) is 0 Å². The molecule has 1 saturated heterocycles. The Bertz CT molecular complexity index is 472. The van der Waals surface area contributed by atoms with Crippen molar-refractivity contribution in [2.45, 2.75) is 18.4 Å². The third-order valence-corrected chi connectivity index (χ3v) is 3.53. The van der Waals surface area contributed by atoms with Crippen LogP contribution in [0.1, 0.15) is 12.8 Å². The Labute approximate surface area is 92.6 Å². The number of nitrogen functional groups attached to an aromatic ring is 1. The molecular formula is C10H15N5O. The average Bonchev–Trinajstić information content (AvgIpc) is 3.01. The zero-order chi connectivity index (χ0) is 11.3. The van der Waals surface area contributed by atoms with Gasteiger partial charge in [0, 0.05) is 13.1 Å². The third-order valence-electron chi connectivity index (χ3n) is 3.53. The average molecular weight is 221 g/mol. The summed E-state index contributed by atoms with van der Waals surface area (Å²) in [5.41, 5.74) is 11.7. The zero-order valence-corrected chi connectivity index (χ0v) is 8.94. The first kappa shape index (κ1) is 9.65. The van der Waals surface area contributed by atoms with Crippen LogP contribution in [0.2, 0.25) is 0 Å². The van der Waals surface area contributed by atoms with Crippen molar-refractivity contribution >= 4 is 11.5 Å². The van der Waals surface area contributed by atoms with Gasteiger partial charge in [0.15, 0.2) is 5.82 Å². The standard InChI is InChI=1S/C10H15N5O/c11-7-8(13-5-14-9(7)16)15-3-10(12,4-15)6-1-2-6/h5-6H,1-4,11-12H2,(H,13,14,16). The Balaban J connectivity index is 1.81. The van der Waals surface area contributed by atoms with Crippen molar-refractivity contribution in [3.8, 4) is 0 Å². The van der Waals surface area contributed by atoms with E-state index in [1.807, 2.05) is 4.90 Å². The molecule has 1 saturated carbocycles. The van der Waals surface area contributed by atoms with Crippen molar-refractivity contribution in [2.24, 2.45) is 11.7 Å². The minimum absolute atomic E-state index is 0.0866. The Morgan fingerprint density at radius 1 is 1.50 bits per heavy atom. The lowest BCUT2D eigenvalue weighted by atomic mass is 9.86. The van der Waals surface area contributed by atoms with Crippen LogP contribution in [0.15, 0.2) is 11.1 Å². The van der Waals surface area contributed by atoms with E-state index in [1.54, 1.807) is 0 Å². The van der Waals surface area contributed by atoms with E-state index in [2.05, 4.69) is 9.97 Å². The maximum Gasteiger partial charge on any atom is 0.276 e. The number of hydrogen-bond acceptors (Lipinski definition) is 5. The van der Waals surface area contributed by atoms with Crippen molar-refractivity contribution in [3.05, 3.63) is 16.7 Å². The van der Waals surface area contributed by atoms with Gasteiger partial charge in [-0.05, 0) is 18.8 Å². The van der Waals surface area contributed by atoms with E-state index in [0.29, 0.717) is 11.7 Å². The summed E-state index contributed by atoms with van der Waals surface area (Å²) in [6, 6.07) is 0. The summed E-state index contributed by atoms with van der Waals surface area (Å²) < 4.78 is 0. The molecule has 16 heavy (non-hydrogen) atoms. The van der Waals surface area contributed by atoms with Crippen molar-refractivity contribution in [1.29, 1.82) is 0 Å². The highest BCUT2D eigenvalue weighted by molar-refractivity contribution is 5.63. The van der Waals surface area contributed by atoms with E-state index >= 15 is 0 Å². The van der Waals surface area contributed by atoms with E-state index in [1.165, 1.54) is 19.2 Å². The minimum atomic E-state index is -0.286. The lowest BCUT2D eigenvalue weighted by Gasteiger charge is -2.49. The van der Waals surface area contributed by atoms with Gasteiger partial charge in [-0.2, -0.15) is 0 Å². The number of nitrogens with one attached hydrogen (secondary N) is 1. The Morgan fingerprint density at radius 2 is 2.19 bits per heavy atom. The van der Waals surface area contributed by atoms with Gasteiger partial charge in [-0.25, -0.2) is 4.98 Å². The molecular weight excluding hydrogens is 206 g/mol. The van der Waals surface area contributed by atoms with Gasteiger partial charge >= 0.3 is 0 Å². The van der Waals surface area contributed by atoms with Crippen LogP contribution in [0.25, 0.3) is 0 Å². The molecule has 1 aliphatic carbocycles. The number of anilines is 2. The predicted octanol–water partition coefficient (Wildman–Crippen LogP) is -0.720. The number of nitrogens with zero attached hydrogens (tertiary/aromatic N) is 2. The van der Waals surface area contributed by atoms with E-state index < -0.39 is 0 Å². The fourth-order valence-corrected chi connectivity index (χ4v) is 2.38. The topological polar surface area (TPSA) is 101 Å². The summed E-state index contributed by atoms with van der Waals surface area (Å²) in [5.74, 6) is 1.21. The molecule has 0 spiro atoms. The van der Waals surface area contributed by atoms with Crippen molar-refractivity contribution in [1.82, 2.24) is 9.97 Å². The van der Waals surface area contributed by atoms with Gasteiger partial charge in [-0.3, -0.25) is 4.79 Å². The summed E-state index contributed by atoms with van der Waals surface area (Å²) in [7, 11) is 0. The third kappa shape index (κ3) is 1.30. The predicted molar refractivity (Wildman–Crippen MR) is 61.1 cm³/mol. The van der Waals surface area contributed by atoms with E-state index in [0.717, 1.165) is 13.1 Å². The highest BCUT2D eigenvalue weighted by Gasteiger charge is 2.51. The van der Waals surface area contributed by atoms with Crippen LogP contribution in [-0.2, 0) is 0 Å². The molecule has 86 valence electrons. The van der Waals surface area contributed by atoms with Crippen LogP contribution in [0.3, 0.4) is 0 Å². The molecule has 5 N–H and O–H groups in total. The largest absolute Gasteiger partial charge is 0.391 e. The van der Waals surface area contributed by atoms with Gasteiger partial charge < -0.3 is 21.4 Å². The molecule has 6 nitrogen and oxygen atoms in total. The molecule has 0 aromatic carbocycles. The number of rotatable bonds is 2. The van der Waals surface area contributed by atoms with Crippen LogP contribution in [0.5, 0.6) is 0 Å². The normalized spacial score (nSPS) is 22.9. The van der Waals surface area contributed by atoms with Gasteiger partial charge in [0.25, 0.3) is 5.56 Å². The number of hydrogen-bond donors (Lipinski definition) is 3. The van der Waals surface area contributed by atoms with E-state index in [-0.39, 0.29) is 16.8 Å². The second kappa shape index (κ2) is 2.98. The number of nitrogens with two attached hydrogens (primary N) is 2. The highest BCUT2D eigenvalue weighted by atomic mass is 16.1. The van der Waals surface area contributed by atoms with Crippen LogP contribution in [0, 0.1) is 5.92 Å². The number of H-pyrrole nitrogens is 1. The second-order valence-electron chi connectivity index (χ2n) is 4.83. The van der Waals surface area contributed by atoms with Crippen molar-refractivity contribution in [2.75, 3.05) is 23.7 Å². The minimum Gasteiger partial charge on any atom is -0.391 e. The Morgan fingerprint density at radius 3 is 2.81 bits per heavy atom. The van der Waals surface area contributed by atoms with Crippen molar-refractivity contribution < 1.29 is 0 Å².